The number of nitrogens with one attached hydrogen (secondary N) is 2. The van der Waals surface area contributed by atoms with Gasteiger partial charge in [-0.25, -0.2) is 4.98 Å². The van der Waals surface area contributed by atoms with Crippen LogP contribution in [0.1, 0.15) is 44.7 Å². The molecule has 6 nitrogen and oxygen atoms in total. The Morgan fingerprint density at radius 3 is 2.95 bits per heavy atom. The van der Waals surface area contributed by atoms with E-state index in [1.165, 1.54) is 0 Å². The van der Waals surface area contributed by atoms with Crippen molar-refractivity contribution in [1.82, 2.24) is 19.9 Å². The number of carbonyl (C=O) groups is 1. The molecule has 2 heterocycles. The summed E-state index contributed by atoms with van der Waals surface area (Å²) in [4.78, 5) is 15.1. The van der Waals surface area contributed by atoms with Crippen LogP contribution in [0.25, 0.3) is 5.65 Å². The first-order chi connectivity index (χ1) is 10.2. The zero-order valence-electron chi connectivity index (χ0n) is 12.4. The minimum Gasteiger partial charge on any atom is -0.367 e. The average molecular weight is 287 g/mol. The molecule has 1 amide bonds. The van der Waals surface area contributed by atoms with Gasteiger partial charge >= 0.3 is 0 Å². The van der Waals surface area contributed by atoms with Gasteiger partial charge in [0.1, 0.15) is 5.82 Å². The standard InChI is InChI=1S/C15H21N5O/c1-10(2)13-8-15(20-14(19-13)5-6-17-20)18-12-4-3-11(7-12)16-9-21/h5-6,8-12,18H,3-4,7H2,1-2H3,(H,16,21)/t11-,12-/m1/s1. The van der Waals surface area contributed by atoms with Crippen LogP contribution >= 0.6 is 0 Å². The van der Waals surface area contributed by atoms with Crippen LogP contribution in [0.5, 0.6) is 0 Å². The molecule has 0 spiro atoms. The summed E-state index contributed by atoms with van der Waals surface area (Å²) in [6.45, 7) is 4.27. The van der Waals surface area contributed by atoms with Crippen LogP contribution < -0.4 is 10.6 Å². The fourth-order valence-corrected chi connectivity index (χ4v) is 2.90. The van der Waals surface area contributed by atoms with Crippen molar-refractivity contribution in [3.63, 3.8) is 0 Å². The van der Waals surface area contributed by atoms with E-state index in [-0.39, 0.29) is 6.04 Å². The van der Waals surface area contributed by atoms with E-state index in [9.17, 15) is 4.79 Å². The first-order valence-electron chi connectivity index (χ1n) is 7.48. The molecule has 0 aliphatic heterocycles. The molecular formula is C15H21N5O. The lowest BCUT2D eigenvalue weighted by Gasteiger charge is -2.17. The minimum absolute atomic E-state index is 0.277. The van der Waals surface area contributed by atoms with Crippen molar-refractivity contribution in [3.8, 4) is 0 Å². The molecule has 3 rings (SSSR count). The summed E-state index contributed by atoms with van der Waals surface area (Å²) in [6.07, 6.45) is 5.57. The van der Waals surface area contributed by atoms with Gasteiger partial charge in [0, 0.05) is 29.9 Å². The zero-order valence-corrected chi connectivity index (χ0v) is 12.4. The highest BCUT2D eigenvalue weighted by molar-refractivity contribution is 5.50. The van der Waals surface area contributed by atoms with Crippen molar-refractivity contribution < 1.29 is 4.79 Å². The summed E-state index contributed by atoms with van der Waals surface area (Å²) in [7, 11) is 0. The fourth-order valence-electron chi connectivity index (χ4n) is 2.90. The summed E-state index contributed by atoms with van der Waals surface area (Å²) in [5.74, 6) is 1.35. The number of rotatable bonds is 5. The largest absolute Gasteiger partial charge is 0.367 e. The van der Waals surface area contributed by atoms with Crippen LogP contribution in [0.4, 0.5) is 5.82 Å². The Morgan fingerprint density at radius 2 is 2.19 bits per heavy atom. The van der Waals surface area contributed by atoms with Crippen LogP contribution in [0.15, 0.2) is 18.3 Å². The summed E-state index contributed by atoms with van der Waals surface area (Å²) in [6, 6.07) is 4.63. The third-order valence-electron chi connectivity index (χ3n) is 4.06. The quantitative estimate of drug-likeness (QED) is 0.824. The Hall–Kier alpha value is -2.11. The number of nitrogens with zero attached hydrogens (tertiary/aromatic N) is 3. The van der Waals surface area contributed by atoms with Gasteiger partial charge in [0.25, 0.3) is 0 Å². The first kappa shape index (κ1) is 13.9. The third-order valence-corrected chi connectivity index (χ3v) is 4.06. The molecule has 1 aliphatic rings. The Bertz CT molecular complexity index is 636. The van der Waals surface area contributed by atoms with E-state index in [0.29, 0.717) is 12.0 Å². The second-order valence-electron chi connectivity index (χ2n) is 5.96. The van der Waals surface area contributed by atoms with Crippen molar-refractivity contribution in [2.24, 2.45) is 0 Å². The Labute approximate surface area is 123 Å². The smallest absolute Gasteiger partial charge is 0.207 e. The molecule has 0 unspecified atom stereocenters. The maximum Gasteiger partial charge on any atom is 0.207 e. The molecule has 0 aromatic carbocycles. The van der Waals surface area contributed by atoms with E-state index in [1.807, 2.05) is 10.6 Å². The Morgan fingerprint density at radius 1 is 1.38 bits per heavy atom. The maximum atomic E-state index is 10.5. The number of carbonyl (C=O) groups excluding carboxylic acids is 1. The highest BCUT2D eigenvalue weighted by Crippen LogP contribution is 2.25. The van der Waals surface area contributed by atoms with Gasteiger partial charge in [-0.05, 0) is 25.2 Å². The van der Waals surface area contributed by atoms with E-state index in [4.69, 9.17) is 0 Å². The van der Waals surface area contributed by atoms with Crippen molar-refractivity contribution in [3.05, 3.63) is 24.0 Å². The van der Waals surface area contributed by atoms with Gasteiger partial charge in [-0.3, -0.25) is 4.79 Å². The van der Waals surface area contributed by atoms with Crippen molar-refractivity contribution in [1.29, 1.82) is 0 Å². The van der Waals surface area contributed by atoms with Gasteiger partial charge in [0.05, 0.1) is 6.20 Å². The molecule has 2 aromatic rings. The molecular weight excluding hydrogens is 266 g/mol. The molecule has 1 fully saturated rings. The number of hydrogen-bond donors (Lipinski definition) is 2. The molecule has 2 aromatic heterocycles. The lowest BCUT2D eigenvalue weighted by molar-refractivity contribution is -0.110. The predicted molar refractivity (Wildman–Crippen MR) is 81.3 cm³/mol. The van der Waals surface area contributed by atoms with Gasteiger partial charge < -0.3 is 10.6 Å². The van der Waals surface area contributed by atoms with E-state index < -0.39 is 0 Å². The second kappa shape index (κ2) is 5.71. The van der Waals surface area contributed by atoms with Crippen LogP contribution in [-0.4, -0.2) is 33.1 Å². The van der Waals surface area contributed by atoms with Gasteiger partial charge in [0.2, 0.25) is 6.41 Å². The van der Waals surface area contributed by atoms with E-state index in [2.05, 4.69) is 40.6 Å². The summed E-state index contributed by atoms with van der Waals surface area (Å²) < 4.78 is 1.84. The highest BCUT2D eigenvalue weighted by atomic mass is 16.1. The number of amides is 1. The average Bonchev–Trinajstić information content (AvgIpc) is 3.08. The van der Waals surface area contributed by atoms with E-state index >= 15 is 0 Å². The van der Waals surface area contributed by atoms with Crippen molar-refractivity contribution in [2.45, 2.75) is 51.1 Å². The van der Waals surface area contributed by atoms with Gasteiger partial charge in [0.15, 0.2) is 5.65 Å². The number of anilines is 1. The highest BCUT2D eigenvalue weighted by Gasteiger charge is 2.25. The number of fused-ring (bicyclic) bond motifs is 1. The minimum atomic E-state index is 0.277. The fraction of sp³-hybridized carbons (Fsp3) is 0.533. The van der Waals surface area contributed by atoms with Crippen LogP contribution in [0.3, 0.4) is 0 Å². The van der Waals surface area contributed by atoms with Gasteiger partial charge in [-0.2, -0.15) is 9.61 Å². The molecule has 6 heteroatoms. The molecule has 0 bridgehead atoms. The maximum absolute atomic E-state index is 10.5. The van der Waals surface area contributed by atoms with E-state index in [1.54, 1.807) is 6.20 Å². The zero-order chi connectivity index (χ0) is 14.8. The second-order valence-corrected chi connectivity index (χ2v) is 5.96. The molecule has 0 saturated heterocycles. The summed E-state index contributed by atoms with van der Waals surface area (Å²) >= 11 is 0. The normalized spacial score (nSPS) is 21.9. The van der Waals surface area contributed by atoms with E-state index in [0.717, 1.165) is 42.8 Å². The Balaban J connectivity index is 1.83. The molecule has 2 N–H and O–H groups in total. The van der Waals surface area contributed by atoms with Crippen LogP contribution in [-0.2, 0) is 4.79 Å². The molecule has 21 heavy (non-hydrogen) atoms. The molecule has 1 aliphatic carbocycles. The van der Waals surface area contributed by atoms with Gasteiger partial charge in [-0.1, -0.05) is 13.8 Å². The van der Waals surface area contributed by atoms with Crippen molar-refractivity contribution in [2.75, 3.05) is 5.32 Å². The SMILES string of the molecule is CC(C)c1cc(N[C@@H]2CC[C@@H](NC=O)C2)n2nccc2n1. The van der Waals surface area contributed by atoms with Gasteiger partial charge in [-0.15, -0.1) is 0 Å². The number of aromatic nitrogens is 3. The summed E-state index contributed by atoms with van der Waals surface area (Å²) in [5, 5.41) is 10.8. The lowest BCUT2D eigenvalue weighted by Crippen LogP contribution is -2.27. The molecule has 1 saturated carbocycles. The summed E-state index contributed by atoms with van der Waals surface area (Å²) in [5.41, 5.74) is 1.93. The molecule has 0 radical (unpaired) electrons. The topological polar surface area (TPSA) is 71.3 Å². The third kappa shape index (κ3) is 2.84. The van der Waals surface area contributed by atoms with Crippen LogP contribution in [0, 0.1) is 0 Å². The number of hydrogen-bond acceptors (Lipinski definition) is 4. The Kier molecular flexibility index (Phi) is 3.77. The lowest BCUT2D eigenvalue weighted by atomic mass is 10.1. The first-order valence-corrected chi connectivity index (χ1v) is 7.48. The molecule has 112 valence electrons. The van der Waals surface area contributed by atoms with Crippen molar-refractivity contribution >= 4 is 17.9 Å². The van der Waals surface area contributed by atoms with Crippen LogP contribution in [0.2, 0.25) is 0 Å². The molecule has 2 atom stereocenters. The monoisotopic (exact) mass is 287 g/mol. The predicted octanol–water partition coefficient (Wildman–Crippen LogP) is 1.93.